The van der Waals surface area contributed by atoms with Crippen LogP contribution in [0.3, 0.4) is 0 Å². The molecule has 0 bridgehead atoms. The van der Waals surface area contributed by atoms with Crippen LogP contribution in [0.2, 0.25) is 0 Å². The van der Waals surface area contributed by atoms with E-state index in [4.69, 9.17) is 0 Å². The summed E-state index contributed by atoms with van der Waals surface area (Å²) in [5.74, 6) is 0. The van der Waals surface area contributed by atoms with Crippen LogP contribution in [0.4, 0.5) is 11.4 Å². The highest BCUT2D eigenvalue weighted by Gasteiger charge is 2.39. The van der Waals surface area contributed by atoms with E-state index >= 15 is 0 Å². The van der Waals surface area contributed by atoms with Gasteiger partial charge >= 0.3 is 0 Å². The van der Waals surface area contributed by atoms with Gasteiger partial charge in [0.05, 0.1) is 36.6 Å². The SMILES string of the molecule is Cc1cc(C)c(N2[CH-][n+]3ccccc3C2c2ccccc2-c2ccccc2)c(C)c1.c1ccc(-c2ccccc2C2c3cccc[n+]3[CH-]N2c2cccc3ccccc23)cc1.c1ccc(CN2[CH-][n+]3c(-c4cccc5ccccc45)cccc3C2c2ccccc2)cc1.c1ccc(CN2[CH-][n+]3c(ccc4ccccc43)C2c2ccccc2)cc1. The van der Waals surface area contributed by atoms with Crippen LogP contribution in [0.15, 0.2) is 431 Å². The van der Waals surface area contributed by atoms with Gasteiger partial charge in [0.15, 0.2) is 0 Å². The maximum absolute atomic E-state index is 2.45. The van der Waals surface area contributed by atoms with Gasteiger partial charge in [-0.2, -0.15) is 0 Å². The normalized spacial score (nSPS) is 15.4. The number of nitrogens with zero attached hydrogens (tertiary/aromatic N) is 8. The molecule has 18 aromatic rings. The van der Waals surface area contributed by atoms with Crippen molar-refractivity contribution in [3.05, 3.63) is 530 Å². The van der Waals surface area contributed by atoms with Crippen LogP contribution in [0.1, 0.15) is 97.0 Å². The van der Waals surface area contributed by atoms with Crippen molar-refractivity contribution < 1.29 is 18.3 Å². The Hall–Kier alpha value is -14.5. The number of anilines is 2. The number of benzene rings is 14. The van der Waals surface area contributed by atoms with E-state index < -0.39 is 0 Å². The number of para-hydroxylation sites is 1. The van der Waals surface area contributed by atoms with Crippen LogP contribution in [-0.2, 0) is 13.1 Å². The molecule has 8 heterocycles. The van der Waals surface area contributed by atoms with Crippen molar-refractivity contribution in [2.24, 2.45) is 0 Å². The molecule has 0 saturated carbocycles. The van der Waals surface area contributed by atoms with E-state index in [0.717, 1.165) is 13.1 Å². The Morgan fingerprint density at radius 1 is 0.286 bits per heavy atom. The van der Waals surface area contributed by atoms with Gasteiger partial charge in [-0.15, -0.1) is 0 Å². The summed E-state index contributed by atoms with van der Waals surface area (Å²) in [6, 6.07) is 150. The van der Waals surface area contributed by atoms with Gasteiger partial charge in [0.2, 0.25) is 0 Å². The second-order valence-corrected chi connectivity index (χ2v) is 31.2. The molecule has 0 radical (unpaired) electrons. The maximum atomic E-state index is 2.45. The van der Waals surface area contributed by atoms with Gasteiger partial charge in [0, 0.05) is 29.9 Å². The van der Waals surface area contributed by atoms with Crippen molar-refractivity contribution in [2.45, 2.75) is 58.0 Å². The summed E-state index contributed by atoms with van der Waals surface area (Å²) in [7, 11) is 0. The molecule has 0 N–H and O–H groups in total. The van der Waals surface area contributed by atoms with Gasteiger partial charge in [0.1, 0.15) is 60.7 Å². The van der Waals surface area contributed by atoms with Crippen LogP contribution in [-0.4, -0.2) is 9.80 Å². The third kappa shape index (κ3) is 15.1. The van der Waals surface area contributed by atoms with E-state index in [1.807, 2.05) is 0 Å². The fourth-order valence-electron chi connectivity index (χ4n) is 18.3. The highest BCUT2D eigenvalue weighted by atomic mass is 15.4. The molecule has 0 aliphatic carbocycles. The minimum Gasteiger partial charge on any atom is -0.341 e. The lowest BCUT2D eigenvalue weighted by atomic mass is 9.92. The van der Waals surface area contributed by atoms with Gasteiger partial charge in [-0.3, -0.25) is 9.80 Å². The first-order valence-corrected chi connectivity index (χ1v) is 41.3. The Labute approximate surface area is 699 Å². The van der Waals surface area contributed by atoms with Crippen molar-refractivity contribution in [1.82, 2.24) is 9.80 Å². The predicted octanol–water partition coefficient (Wildman–Crippen LogP) is 23.6. The first-order chi connectivity index (χ1) is 58.8. The molecule has 4 aromatic heterocycles. The first kappa shape index (κ1) is 74.6. The van der Waals surface area contributed by atoms with Crippen LogP contribution in [0.25, 0.3) is 66.0 Å². The van der Waals surface area contributed by atoms with Crippen LogP contribution >= 0.6 is 0 Å². The van der Waals surface area contributed by atoms with E-state index in [-0.39, 0.29) is 24.2 Å². The van der Waals surface area contributed by atoms with Gasteiger partial charge in [-0.1, -0.05) is 400 Å². The highest BCUT2D eigenvalue weighted by molar-refractivity contribution is 5.96. The monoisotopic (exact) mass is 1540 g/mol. The Kier molecular flexibility index (Phi) is 21.1. The third-order valence-corrected chi connectivity index (χ3v) is 23.5. The molecule has 576 valence electrons. The third-order valence-electron chi connectivity index (χ3n) is 23.5. The minimum absolute atomic E-state index is 0.0865. The predicted molar refractivity (Wildman–Crippen MR) is 483 cm³/mol. The van der Waals surface area contributed by atoms with Gasteiger partial charge in [0.25, 0.3) is 0 Å². The maximum Gasteiger partial charge on any atom is 0.145 e. The zero-order valence-corrected chi connectivity index (χ0v) is 67.1. The number of aromatic nitrogens is 4. The van der Waals surface area contributed by atoms with Crippen LogP contribution < -0.4 is 28.1 Å². The summed E-state index contributed by atoms with van der Waals surface area (Å²) in [4.78, 5) is 9.75. The Bertz CT molecular complexity index is 6570. The summed E-state index contributed by atoms with van der Waals surface area (Å²) in [5, 5.41) is 6.33. The largest absolute Gasteiger partial charge is 0.341 e. The highest BCUT2D eigenvalue weighted by Crippen LogP contribution is 2.46. The van der Waals surface area contributed by atoms with E-state index in [1.165, 1.54) is 150 Å². The van der Waals surface area contributed by atoms with Crippen LogP contribution in [0, 0.1) is 47.4 Å². The number of pyridine rings is 4. The summed E-state index contributed by atoms with van der Waals surface area (Å²) in [6.07, 6.45) is 4.28. The molecular weight excluding hydrogens is 1450 g/mol. The van der Waals surface area contributed by atoms with Gasteiger partial charge in [-0.05, 0) is 139 Å². The molecule has 22 rings (SSSR count). The second kappa shape index (κ2) is 33.7. The summed E-state index contributed by atoms with van der Waals surface area (Å²) in [6.45, 7) is 17.4. The van der Waals surface area contributed by atoms with E-state index in [0.29, 0.717) is 0 Å². The molecule has 8 heteroatoms. The second-order valence-electron chi connectivity index (χ2n) is 31.2. The minimum atomic E-state index is 0.0865. The number of hydrogen-bond donors (Lipinski definition) is 0. The van der Waals surface area contributed by atoms with Crippen molar-refractivity contribution in [2.75, 3.05) is 9.80 Å². The number of hydrogen-bond acceptors (Lipinski definition) is 4. The van der Waals surface area contributed by atoms with E-state index in [1.54, 1.807) is 0 Å². The molecule has 4 unspecified atom stereocenters. The number of aryl methyl sites for hydroxylation is 3. The molecule has 8 nitrogen and oxygen atoms in total. The lowest BCUT2D eigenvalue weighted by Gasteiger charge is -2.31. The van der Waals surface area contributed by atoms with Crippen molar-refractivity contribution >= 4 is 43.8 Å². The summed E-state index contributed by atoms with van der Waals surface area (Å²) < 4.78 is 9.22. The van der Waals surface area contributed by atoms with Crippen molar-refractivity contribution in [3.8, 4) is 33.5 Å². The van der Waals surface area contributed by atoms with E-state index in [9.17, 15) is 0 Å². The zero-order chi connectivity index (χ0) is 80.0. The first-order valence-electron chi connectivity index (χ1n) is 41.3. The molecule has 4 aliphatic rings. The molecule has 0 fully saturated rings. The standard InChI is InChI=1S/C30H24N2.C29H22N2.C28H26N2.C24H20N2/c1-3-11-23(12-4-1)21-31-22-32-28(27-18-9-16-24-13-7-8-17-26(24)27)19-10-20-29(32)30(31)25-14-5-2-6-15-25;1-2-11-22(12-3-1)24-15-6-7-17-26(24)29-28-18-8-9-20-30(28)21-31(29)27-19-10-14-23-13-4-5-16-25(23)27;1-20-17-21(2)27(22(3)18-20)30-19-29-16-10-9-15-26(29)28(30)25-14-8-7-13-24(25)23-11-5-4-6-12-23;1-3-9-19(10-4-1)17-25-18-26-22-14-8-7-11-20(22)15-16-23(26)24(25)21-12-5-2-6-13-21/h1-20,22,30H,21H2;1-21,29H;4-19,28H,1-3H3;1-16,18,24H,17H2. The fourth-order valence-corrected chi connectivity index (χ4v) is 18.3. The molecule has 0 spiro atoms. The smallest absolute Gasteiger partial charge is 0.145 e. The Morgan fingerprint density at radius 2 is 0.689 bits per heavy atom. The molecule has 14 aromatic carbocycles. The number of fused-ring (bicyclic) bond motifs is 8. The summed E-state index contributed by atoms with van der Waals surface area (Å²) in [5.41, 5.74) is 28.2. The molecular formula is C111H92N8. The average Bonchev–Trinajstić information content (AvgIpc) is 1.63. The quantitative estimate of drug-likeness (QED) is 0.0850. The topological polar surface area (TPSA) is 28.5 Å². The van der Waals surface area contributed by atoms with Gasteiger partial charge < -0.3 is 28.1 Å². The van der Waals surface area contributed by atoms with Crippen LogP contribution in [0.5, 0.6) is 0 Å². The molecule has 4 atom stereocenters. The molecule has 4 aliphatic heterocycles. The van der Waals surface area contributed by atoms with Crippen molar-refractivity contribution in [3.63, 3.8) is 0 Å². The average molecular weight is 1540 g/mol. The molecule has 0 amide bonds. The lowest BCUT2D eigenvalue weighted by Crippen LogP contribution is -2.36. The molecule has 119 heavy (non-hydrogen) atoms. The lowest BCUT2D eigenvalue weighted by molar-refractivity contribution is -0.630. The summed E-state index contributed by atoms with van der Waals surface area (Å²) >= 11 is 0. The van der Waals surface area contributed by atoms with E-state index in [2.05, 4.69) is 516 Å². The zero-order valence-electron chi connectivity index (χ0n) is 67.1. The van der Waals surface area contributed by atoms with Gasteiger partial charge in [-0.25, -0.2) is 0 Å². The fraction of sp³-hybridized carbons (Fsp3) is 0.0811. The van der Waals surface area contributed by atoms with Crippen molar-refractivity contribution in [1.29, 1.82) is 0 Å². The Balaban J connectivity index is 0.000000105. The molecule has 0 saturated heterocycles. The number of rotatable bonds is 13. The Morgan fingerprint density at radius 3 is 1.26 bits per heavy atom.